The van der Waals surface area contributed by atoms with E-state index in [1.165, 1.54) is 7.11 Å². The number of amides is 1. The summed E-state index contributed by atoms with van der Waals surface area (Å²) in [6, 6.07) is 5.90. The van der Waals surface area contributed by atoms with Gasteiger partial charge < -0.3 is 14.4 Å². The molecule has 0 aromatic heterocycles. The van der Waals surface area contributed by atoms with E-state index in [0.717, 1.165) is 29.5 Å². The molecular weight excluding hydrogens is 306 g/mol. The van der Waals surface area contributed by atoms with Crippen LogP contribution in [0, 0.1) is 6.92 Å². The SMILES string of the molecule is COC(=O)Cc1cccc(C2CCCN2C(=O)OC(C)(C)C)c1C. The van der Waals surface area contributed by atoms with Gasteiger partial charge in [-0.05, 0) is 57.2 Å². The van der Waals surface area contributed by atoms with E-state index in [1.807, 2.05) is 45.9 Å². The van der Waals surface area contributed by atoms with Gasteiger partial charge in [0.25, 0.3) is 0 Å². The molecule has 0 N–H and O–H groups in total. The minimum atomic E-state index is -0.508. The molecule has 1 aromatic rings. The van der Waals surface area contributed by atoms with Gasteiger partial charge in [0.2, 0.25) is 0 Å². The van der Waals surface area contributed by atoms with Crippen LogP contribution in [0.1, 0.15) is 56.3 Å². The molecule has 2 rings (SSSR count). The monoisotopic (exact) mass is 333 g/mol. The quantitative estimate of drug-likeness (QED) is 0.790. The van der Waals surface area contributed by atoms with Crippen molar-refractivity contribution in [2.24, 2.45) is 0 Å². The predicted octanol–water partition coefficient (Wildman–Crippen LogP) is 3.78. The first-order valence-electron chi connectivity index (χ1n) is 8.37. The van der Waals surface area contributed by atoms with Crippen LogP contribution in [0.15, 0.2) is 18.2 Å². The van der Waals surface area contributed by atoms with E-state index < -0.39 is 5.60 Å². The maximum absolute atomic E-state index is 12.5. The van der Waals surface area contributed by atoms with Crippen LogP contribution in [0.25, 0.3) is 0 Å². The average molecular weight is 333 g/mol. The number of carbonyl (C=O) groups is 2. The Morgan fingerprint density at radius 1 is 1.29 bits per heavy atom. The molecule has 1 atom stereocenters. The maximum atomic E-state index is 12.5. The number of carbonyl (C=O) groups excluding carboxylic acids is 2. The summed E-state index contributed by atoms with van der Waals surface area (Å²) in [5, 5.41) is 0. The van der Waals surface area contributed by atoms with Gasteiger partial charge in [-0.1, -0.05) is 18.2 Å². The number of esters is 1. The summed E-state index contributed by atoms with van der Waals surface area (Å²) < 4.78 is 10.3. The Morgan fingerprint density at radius 2 is 2.00 bits per heavy atom. The van der Waals surface area contributed by atoms with Crippen LogP contribution in [0.3, 0.4) is 0 Å². The third-order valence-electron chi connectivity index (χ3n) is 4.29. The van der Waals surface area contributed by atoms with Gasteiger partial charge >= 0.3 is 12.1 Å². The zero-order chi connectivity index (χ0) is 17.9. The zero-order valence-corrected chi connectivity index (χ0v) is 15.2. The largest absolute Gasteiger partial charge is 0.469 e. The summed E-state index contributed by atoms with van der Waals surface area (Å²) in [6.45, 7) is 8.31. The van der Waals surface area contributed by atoms with Crippen LogP contribution in [-0.4, -0.2) is 36.2 Å². The van der Waals surface area contributed by atoms with Crippen molar-refractivity contribution in [1.82, 2.24) is 4.90 Å². The molecule has 0 saturated carbocycles. The highest BCUT2D eigenvalue weighted by Crippen LogP contribution is 2.35. The van der Waals surface area contributed by atoms with Gasteiger partial charge in [0.05, 0.1) is 19.6 Å². The van der Waals surface area contributed by atoms with E-state index in [0.29, 0.717) is 6.54 Å². The van der Waals surface area contributed by atoms with Gasteiger partial charge in [-0.2, -0.15) is 0 Å². The molecule has 1 heterocycles. The zero-order valence-electron chi connectivity index (χ0n) is 15.2. The van der Waals surface area contributed by atoms with Crippen molar-refractivity contribution < 1.29 is 19.1 Å². The van der Waals surface area contributed by atoms with Crippen LogP contribution < -0.4 is 0 Å². The van der Waals surface area contributed by atoms with Crippen molar-refractivity contribution in [3.63, 3.8) is 0 Å². The Hall–Kier alpha value is -2.04. The van der Waals surface area contributed by atoms with Crippen molar-refractivity contribution in [3.8, 4) is 0 Å². The van der Waals surface area contributed by atoms with Gasteiger partial charge in [-0.15, -0.1) is 0 Å². The van der Waals surface area contributed by atoms with E-state index in [1.54, 1.807) is 4.90 Å². The van der Waals surface area contributed by atoms with Crippen molar-refractivity contribution in [1.29, 1.82) is 0 Å². The van der Waals surface area contributed by atoms with Crippen LogP contribution in [0.4, 0.5) is 4.79 Å². The molecule has 1 aliphatic rings. The lowest BCUT2D eigenvalue weighted by molar-refractivity contribution is -0.139. The average Bonchev–Trinajstić information content (AvgIpc) is 2.97. The molecule has 1 aliphatic heterocycles. The van der Waals surface area contributed by atoms with Gasteiger partial charge in [0, 0.05) is 6.54 Å². The standard InChI is InChI=1S/C19H27NO4/c1-13-14(12-17(21)23-5)8-6-9-15(13)16-10-7-11-20(16)18(22)24-19(2,3)4/h6,8-9,16H,7,10-12H2,1-5H3. The second kappa shape index (κ2) is 7.24. The topological polar surface area (TPSA) is 55.8 Å². The van der Waals surface area contributed by atoms with Crippen molar-refractivity contribution >= 4 is 12.1 Å². The molecule has 1 aromatic carbocycles. The number of ether oxygens (including phenoxy) is 2. The predicted molar refractivity (Wildman–Crippen MR) is 91.8 cm³/mol. The summed E-state index contributed by atoms with van der Waals surface area (Å²) in [5.74, 6) is -0.259. The van der Waals surface area contributed by atoms with E-state index >= 15 is 0 Å². The number of nitrogens with zero attached hydrogens (tertiary/aromatic N) is 1. The second-order valence-electron chi connectivity index (χ2n) is 7.22. The number of hydrogen-bond donors (Lipinski definition) is 0. The molecule has 0 bridgehead atoms. The fraction of sp³-hybridized carbons (Fsp3) is 0.579. The third kappa shape index (κ3) is 4.28. The van der Waals surface area contributed by atoms with Gasteiger partial charge in [-0.25, -0.2) is 4.79 Å². The van der Waals surface area contributed by atoms with Crippen molar-refractivity contribution in [2.45, 2.75) is 58.6 Å². The molecule has 5 nitrogen and oxygen atoms in total. The van der Waals surface area contributed by atoms with Crippen LogP contribution in [0.5, 0.6) is 0 Å². The summed E-state index contributed by atoms with van der Waals surface area (Å²) in [7, 11) is 1.39. The Labute approximate surface area is 143 Å². The molecule has 0 radical (unpaired) electrons. The molecule has 1 amide bonds. The maximum Gasteiger partial charge on any atom is 0.410 e. The Kier molecular flexibility index (Phi) is 5.52. The minimum absolute atomic E-state index is 0.00236. The Balaban J connectivity index is 2.25. The van der Waals surface area contributed by atoms with Gasteiger partial charge in [0.1, 0.15) is 5.60 Å². The highest BCUT2D eigenvalue weighted by atomic mass is 16.6. The number of hydrogen-bond acceptors (Lipinski definition) is 4. The van der Waals surface area contributed by atoms with E-state index in [4.69, 9.17) is 9.47 Å². The first-order valence-corrected chi connectivity index (χ1v) is 8.37. The fourth-order valence-corrected chi connectivity index (χ4v) is 3.11. The number of methoxy groups -OCH3 is 1. The van der Waals surface area contributed by atoms with Gasteiger partial charge in [-0.3, -0.25) is 4.79 Å². The summed E-state index contributed by atoms with van der Waals surface area (Å²) in [5.41, 5.74) is 2.56. The number of benzene rings is 1. The molecule has 132 valence electrons. The fourth-order valence-electron chi connectivity index (χ4n) is 3.11. The lowest BCUT2D eigenvalue weighted by Gasteiger charge is -2.30. The highest BCUT2D eigenvalue weighted by Gasteiger charge is 2.34. The molecule has 5 heteroatoms. The molecule has 1 unspecified atom stereocenters. The molecule has 0 aliphatic carbocycles. The van der Waals surface area contributed by atoms with Crippen LogP contribution >= 0.6 is 0 Å². The molecule has 0 spiro atoms. The minimum Gasteiger partial charge on any atom is -0.469 e. The second-order valence-corrected chi connectivity index (χ2v) is 7.22. The highest BCUT2D eigenvalue weighted by molar-refractivity contribution is 5.73. The first kappa shape index (κ1) is 18.3. The van der Waals surface area contributed by atoms with Crippen molar-refractivity contribution in [3.05, 3.63) is 34.9 Å². The lowest BCUT2D eigenvalue weighted by atomic mass is 9.94. The van der Waals surface area contributed by atoms with Gasteiger partial charge in [0.15, 0.2) is 0 Å². The smallest absolute Gasteiger partial charge is 0.410 e. The lowest BCUT2D eigenvalue weighted by Crippen LogP contribution is -2.36. The molecule has 1 saturated heterocycles. The summed E-state index contributed by atoms with van der Waals surface area (Å²) >= 11 is 0. The Morgan fingerprint density at radius 3 is 2.62 bits per heavy atom. The molecular formula is C19H27NO4. The van der Waals surface area contributed by atoms with E-state index in [-0.39, 0.29) is 24.5 Å². The number of likely N-dealkylation sites (tertiary alicyclic amines) is 1. The Bertz CT molecular complexity index is 618. The third-order valence-corrected chi connectivity index (χ3v) is 4.29. The first-order chi connectivity index (χ1) is 11.2. The molecule has 1 fully saturated rings. The molecule has 24 heavy (non-hydrogen) atoms. The van der Waals surface area contributed by atoms with Crippen LogP contribution in [-0.2, 0) is 20.7 Å². The van der Waals surface area contributed by atoms with E-state index in [2.05, 4.69) is 0 Å². The van der Waals surface area contributed by atoms with Crippen LogP contribution in [0.2, 0.25) is 0 Å². The summed E-state index contributed by atoms with van der Waals surface area (Å²) in [4.78, 5) is 25.9. The summed E-state index contributed by atoms with van der Waals surface area (Å²) in [6.07, 6.45) is 1.82. The van der Waals surface area contributed by atoms with E-state index in [9.17, 15) is 9.59 Å². The number of rotatable bonds is 3. The normalized spacial score (nSPS) is 17.7. The van der Waals surface area contributed by atoms with Crippen molar-refractivity contribution in [2.75, 3.05) is 13.7 Å².